The number of fused-ring (bicyclic) bond motifs is 1. The minimum absolute atomic E-state index is 0.0746. The highest BCUT2D eigenvalue weighted by Crippen LogP contribution is 2.43. The van der Waals surface area contributed by atoms with E-state index in [-0.39, 0.29) is 5.92 Å². The number of hydrogen-bond acceptors (Lipinski definition) is 3. The zero-order valence-corrected chi connectivity index (χ0v) is 12.6. The Bertz CT molecular complexity index is 627. The average molecular weight is 335 g/mol. The van der Waals surface area contributed by atoms with Gasteiger partial charge in [-0.05, 0) is 24.3 Å². The van der Waals surface area contributed by atoms with E-state index < -0.39 is 6.10 Å². The molecular weight excluding hydrogens is 320 g/mol. The first-order valence-electron chi connectivity index (χ1n) is 6.44. The number of methoxy groups -OCH3 is 1. The predicted octanol–water partition coefficient (Wildman–Crippen LogP) is 3.67. The van der Waals surface area contributed by atoms with Crippen molar-refractivity contribution >= 4 is 15.9 Å². The summed E-state index contributed by atoms with van der Waals surface area (Å²) in [5.41, 5.74) is 1.81. The largest absolute Gasteiger partial charge is 0.496 e. The Labute approximate surface area is 126 Å². The van der Waals surface area contributed by atoms with E-state index in [2.05, 4.69) is 15.9 Å². The van der Waals surface area contributed by atoms with E-state index in [1.54, 1.807) is 7.11 Å². The van der Waals surface area contributed by atoms with Crippen molar-refractivity contribution in [1.82, 2.24) is 0 Å². The second-order valence-corrected chi connectivity index (χ2v) is 5.70. The molecule has 0 aromatic heterocycles. The number of hydrogen-bond donors (Lipinski definition) is 1. The van der Waals surface area contributed by atoms with Gasteiger partial charge in [0, 0.05) is 15.6 Å². The van der Waals surface area contributed by atoms with E-state index in [0.717, 1.165) is 21.3 Å². The first kappa shape index (κ1) is 13.5. The lowest BCUT2D eigenvalue weighted by molar-refractivity contribution is 0.127. The second kappa shape index (κ2) is 5.46. The highest BCUT2D eigenvalue weighted by Gasteiger charge is 2.32. The van der Waals surface area contributed by atoms with Crippen molar-refractivity contribution in [3.8, 4) is 11.5 Å². The Hall–Kier alpha value is -1.52. The average Bonchev–Trinajstić information content (AvgIpc) is 2.90. The van der Waals surface area contributed by atoms with Gasteiger partial charge >= 0.3 is 0 Å². The molecule has 2 unspecified atom stereocenters. The highest BCUT2D eigenvalue weighted by atomic mass is 79.9. The van der Waals surface area contributed by atoms with Gasteiger partial charge < -0.3 is 14.6 Å². The van der Waals surface area contributed by atoms with Crippen molar-refractivity contribution in [2.45, 2.75) is 12.0 Å². The Morgan fingerprint density at radius 2 is 2.10 bits per heavy atom. The fourth-order valence-electron chi connectivity index (χ4n) is 2.60. The number of aliphatic hydroxyl groups excluding tert-OH is 1. The molecule has 1 aliphatic rings. The summed E-state index contributed by atoms with van der Waals surface area (Å²) in [4.78, 5) is 0. The van der Waals surface area contributed by atoms with E-state index in [9.17, 15) is 5.11 Å². The van der Waals surface area contributed by atoms with Gasteiger partial charge in [0.05, 0.1) is 25.7 Å². The predicted molar refractivity (Wildman–Crippen MR) is 80.3 cm³/mol. The summed E-state index contributed by atoms with van der Waals surface area (Å²) in [6.45, 7) is 0.482. The van der Waals surface area contributed by atoms with Gasteiger partial charge in [-0.25, -0.2) is 0 Å². The van der Waals surface area contributed by atoms with Crippen LogP contribution in [0.5, 0.6) is 11.5 Å². The molecule has 2 atom stereocenters. The number of rotatable bonds is 3. The maximum atomic E-state index is 10.7. The molecule has 1 N–H and O–H groups in total. The second-order valence-electron chi connectivity index (χ2n) is 4.79. The summed E-state index contributed by atoms with van der Waals surface area (Å²) in [6, 6.07) is 13.5. The van der Waals surface area contributed by atoms with Crippen molar-refractivity contribution in [2.24, 2.45) is 0 Å². The first-order valence-corrected chi connectivity index (χ1v) is 7.23. The summed E-state index contributed by atoms with van der Waals surface area (Å²) in [5, 5.41) is 10.7. The van der Waals surface area contributed by atoms with Gasteiger partial charge in [-0.3, -0.25) is 0 Å². The molecule has 3 nitrogen and oxygen atoms in total. The molecule has 3 rings (SSSR count). The minimum atomic E-state index is -0.661. The van der Waals surface area contributed by atoms with E-state index >= 15 is 0 Å². The normalized spacial score (nSPS) is 18.2. The zero-order chi connectivity index (χ0) is 14.1. The van der Waals surface area contributed by atoms with Crippen molar-refractivity contribution in [3.63, 3.8) is 0 Å². The van der Waals surface area contributed by atoms with E-state index in [0.29, 0.717) is 12.4 Å². The van der Waals surface area contributed by atoms with Gasteiger partial charge in [0.15, 0.2) is 0 Å². The summed E-state index contributed by atoms with van der Waals surface area (Å²) in [6.07, 6.45) is -0.661. The SMILES string of the molecule is COc1ccc(Br)cc1C(O)C1COc2ccccc21. The summed E-state index contributed by atoms with van der Waals surface area (Å²) in [5.74, 6) is 1.46. The smallest absolute Gasteiger partial charge is 0.124 e. The van der Waals surface area contributed by atoms with Gasteiger partial charge in [-0.15, -0.1) is 0 Å². The Morgan fingerprint density at radius 1 is 1.30 bits per heavy atom. The van der Waals surface area contributed by atoms with Gasteiger partial charge in [0.1, 0.15) is 11.5 Å². The maximum Gasteiger partial charge on any atom is 0.124 e. The van der Waals surface area contributed by atoms with E-state index in [1.165, 1.54) is 0 Å². The summed E-state index contributed by atoms with van der Waals surface area (Å²) >= 11 is 3.44. The molecule has 0 spiro atoms. The van der Waals surface area contributed by atoms with Crippen LogP contribution in [-0.4, -0.2) is 18.8 Å². The lowest BCUT2D eigenvalue weighted by atomic mass is 9.90. The number of benzene rings is 2. The molecule has 2 aromatic rings. The molecule has 2 aromatic carbocycles. The van der Waals surface area contributed by atoms with Gasteiger partial charge in [-0.2, -0.15) is 0 Å². The van der Waals surface area contributed by atoms with Crippen LogP contribution in [0.15, 0.2) is 46.9 Å². The quantitative estimate of drug-likeness (QED) is 0.930. The molecule has 4 heteroatoms. The fraction of sp³-hybridized carbons (Fsp3) is 0.250. The van der Waals surface area contributed by atoms with Crippen LogP contribution in [0.2, 0.25) is 0 Å². The lowest BCUT2D eigenvalue weighted by Crippen LogP contribution is -2.13. The third-order valence-corrected chi connectivity index (χ3v) is 4.12. The Morgan fingerprint density at radius 3 is 2.90 bits per heavy atom. The topological polar surface area (TPSA) is 38.7 Å². The summed E-state index contributed by atoms with van der Waals surface area (Å²) in [7, 11) is 1.61. The van der Waals surface area contributed by atoms with E-state index in [1.807, 2.05) is 42.5 Å². The molecule has 1 heterocycles. The Balaban J connectivity index is 1.98. The summed E-state index contributed by atoms with van der Waals surface area (Å²) < 4.78 is 11.9. The molecule has 0 radical (unpaired) electrons. The van der Waals surface area contributed by atoms with Crippen LogP contribution < -0.4 is 9.47 Å². The minimum Gasteiger partial charge on any atom is -0.496 e. The Kier molecular flexibility index (Phi) is 3.68. The number of ether oxygens (including phenoxy) is 2. The van der Waals surface area contributed by atoms with Crippen LogP contribution in [0, 0.1) is 0 Å². The van der Waals surface area contributed by atoms with Crippen LogP contribution in [-0.2, 0) is 0 Å². The fourth-order valence-corrected chi connectivity index (χ4v) is 2.98. The number of aliphatic hydroxyl groups is 1. The molecular formula is C16H15BrO3. The van der Waals surface area contributed by atoms with E-state index in [4.69, 9.17) is 9.47 Å². The molecule has 0 bridgehead atoms. The van der Waals surface area contributed by atoms with Crippen LogP contribution in [0.25, 0.3) is 0 Å². The molecule has 0 fully saturated rings. The number of para-hydroxylation sites is 1. The van der Waals surface area contributed by atoms with Gasteiger partial charge in [0.2, 0.25) is 0 Å². The third kappa shape index (κ3) is 2.30. The van der Waals surface area contributed by atoms with Crippen LogP contribution in [0.3, 0.4) is 0 Å². The molecule has 0 saturated carbocycles. The molecule has 1 aliphatic heterocycles. The first-order chi connectivity index (χ1) is 9.70. The molecule has 0 amide bonds. The van der Waals surface area contributed by atoms with Crippen molar-refractivity contribution < 1.29 is 14.6 Å². The van der Waals surface area contributed by atoms with Crippen LogP contribution in [0.1, 0.15) is 23.1 Å². The molecule has 0 saturated heterocycles. The monoisotopic (exact) mass is 334 g/mol. The van der Waals surface area contributed by atoms with Crippen molar-refractivity contribution in [1.29, 1.82) is 0 Å². The standard InChI is InChI=1S/C16H15BrO3/c1-19-14-7-6-10(17)8-12(14)16(18)13-9-20-15-5-3-2-4-11(13)15/h2-8,13,16,18H,9H2,1H3. The lowest BCUT2D eigenvalue weighted by Gasteiger charge is -2.20. The van der Waals surface area contributed by atoms with Crippen LogP contribution >= 0.6 is 15.9 Å². The molecule has 20 heavy (non-hydrogen) atoms. The molecule has 0 aliphatic carbocycles. The van der Waals surface area contributed by atoms with Crippen molar-refractivity contribution in [3.05, 3.63) is 58.1 Å². The zero-order valence-electron chi connectivity index (χ0n) is 11.0. The van der Waals surface area contributed by atoms with Crippen LogP contribution in [0.4, 0.5) is 0 Å². The van der Waals surface area contributed by atoms with Gasteiger partial charge in [-0.1, -0.05) is 34.1 Å². The van der Waals surface area contributed by atoms with Crippen molar-refractivity contribution in [2.75, 3.05) is 13.7 Å². The third-order valence-electron chi connectivity index (χ3n) is 3.63. The van der Waals surface area contributed by atoms with Gasteiger partial charge in [0.25, 0.3) is 0 Å². The highest BCUT2D eigenvalue weighted by molar-refractivity contribution is 9.10. The molecule has 104 valence electrons. The maximum absolute atomic E-state index is 10.7. The number of halogens is 1.